The van der Waals surface area contributed by atoms with Gasteiger partial charge < -0.3 is 5.11 Å². The highest BCUT2D eigenvalue weighted by molar-refractivity contribution is 6.21. The molecule has 8 nitrogen and oxygen atoms in total. The number of hydrogen-bond donors (Lipinski definition) is 1. The summed E-state index contributed by atoms with van der Waals surface area (Å²) in [5.74, 6) is -2.45. The van der Waals surface area contributed by atoms with Crippen LogP contribution in [-0.4, -0.2) is 32.7 Å². The van der Waals surface area contributed by atoms with Gasteiger partial charge in [-0.1, -0.05) is 24.3 Å². The summed E-state index contributed by atoms with van der Waals surface area (Å²) < 4.78 is 0. The molecule has 0 saturated carbocycles. The molecule has 1 aliphatic rings. The number of imide groups is 1. The number of rotatable bonds is 5. The molecule has 0 aliphatic carbocycles. The highest BCUT2D eigenvalue weighted by Gasteiger charge is 2.41. The molecule has 0 radical (unpaired) electrons. The molecule has 0 saturated heterocycles. The Morgan fingerprint density at radius 2 is 1.68 bits per heavy atom. The SMILES string of the molecule is O=C(O)C[C@H](c1cccc([N+](=O)[O-])c1)N1C(=O)c2ccccc2C1=O. The third-order valence-electron chi connectivity index (χ3n) is 3.97. The van der Waals surface area contributed by atoms with E-state index in [0.717, 1.165) is 4.90 Å². The number of nitrogens with zero attached hydrogens (tertiary/aromatic N) is 2. The van der Waals surface area contributed by atoms with Crippen LogP contribution in [0.5, 0.6) is 0 Å². The monoisotopic (exact) mass is 340 g/mol. The predicted octanol–water partition coefficient (Wildman–Crippen LogP) is 2.41. The number of carboxylic acids is 1. The van der Waals surface area contributed by atoms with Gasteiger partial charge in [-0.25, -0.2) is 0 Å². The summed E-state index contributed by atoms with van der Waals surface area (Å²) in [5, 5.41) is 20.2. The highest BCUT2D eigenvalue weighted by Crippen LogP contribution is 2.34. The van der Waals surface area contributed by atoms with Crippen LogP contribution < -0.4 is 0 Å². The Morgan fingerprint density at radius 3 is 2.20 bits per heavy atom. The first-order chi connectivity index (χ1) is 11.9. The van der Waals surface area contributed by atoms with E-state index in [-0.39, 0.29) is 22.4 Å². The van der Waals surface area contributed by atoms with Crippen LogP contribution in [0.3, 0.4) is 0 Å². The van der Waals surface area contributed by atoms with Crippen molar-refractivity contribution >= 4 is 23.5 Å². The van der Waals surface area contributed by atoms with Gasteiger partial charge in [0.1, 0.15) is 0 Å². The number of carbonyl (C=O) groups excluding carboxylic acids is 2. The zero-order chi connectivity index (χ0) is 18.1. The Labute approximate surface area is 141 Å². The first kappa shape index (κ1) is 16.3. The molecule has 25 heavy (non-hydrogen) atoms. The Hall–Kier alpha value is -3.55. The molecule has 2 aromatic carbocycles. The lowest BCUT2D eigenvalue weighted by Gasteiger charge is -2.25. The lowest BCUT2D eigenvalue weighted by molar-refractivity contribution is -0.385. The maximum atomic E-state index is 12.6. The normalized spacial score (nSPS) is 14.3. The van der Waals surface area contributed by atoms with Gasteiger partial charge in [0.25, 0.3) is 17.5 Å². The number of nitro groups is 1. The Morgan fingerprint density at radius 1 is 1.08 bits per heavy atom. The molecule has 126 valence electrons. The number of fused-ring (bicyclic) bond motifs is 1. The highest BCUT2D eigenvalue weighted by atomic mass is 16.6. The molecule has 8 heteroatoms. The first-order valence-electron chi connectivity index (χ1n) is 7.33. The van der Waals surface area contributed by atoms with Crippen molar-refractivity contribution in [1.29, 1.82) is 0 Å². The minimum absolute atomic E-state index is 0.188. The average Bonchev–Trinajstić information content (AvgIpc) is 2.84. The molecule has 0 bridgehead atoms. The van der Waals surface area contributed by atoms with Gasteiger partial charge in [-0.2, -0.15) is 0 Å². The smallest absolute Gasteiger partial charge is 0.305 e. The fourth-order valence-electron chi connectivity index (χ4n) is 2.86. The maximum absolute atomic E-state index is 12.6. The quantitative estimate of drug-likeness (QED) is 0.507. The fourth-order valence-corrected chi connectivity index (χ4v) is 2.86. The standard InChI is InChI=1S/C17H12N2O6/c20-15(21)9-14(10-4-3-5-11(8-10)19(24)25)18-16(22)12-6-1-2-7-13(12)17(18)23/h1-8,14H,9H2,(H,20,21)/t14-/m1/s1. The second kappa shape index (κ2) is 6.16. The summed E-state index contributed by atoms with van der Waals surface area (Å²) in [4.78, 5) is 47.7. The van der Waals surface area contributed by atoms with Crippen molar-refractivity contribution in [3.05, 3.63) is 75.3 Å². The Kier molecular flexibility index (Phi) is 4.02. The van der Waals surface area contributed by atoms with E-state index >= 15 is 0 Å². The number of amides is 2. The molecule has 1 heterocycles. The lowest BCUT2D eigenvalue weighted by atomic mass is 10.0. The second-order valence-electron chi connectivity index (χ2n) is 5.49. The van der Waals surface area contributed by atoms with E-state index in [1.54, 1.807) is 12.1 Å². The first-order valence-corrected chi connectivity index (χ1v) is 7.33. The Balaban J connectivity index is 2.07. The number of carboxylic acid groups (broad SMARTS) is 1. The third-order valence-corrected chi connectivity index (χ3v) is 3.97. The largest absolute Gasteiger partial charge is 0.481 e. The van der Waals surface area contributed by atoms with Crippen LogP contribution in [0.2, 0.25) is 0 Å². The van der Waals surface area contributed by atoms with Crippen molar-refractivity contribution in [2.75, 3.05) is 0 Å². The summed E-state index contributed by atoms with van der Waals surface area (Å²) in [6.07, 6.45) is -0.549. The molecular formula is C17H12N2O6. The molecule has 0 fully saturated rings. The summed E-state index contributed by atoms with van der Waals surface area (Å²) in [6.45, 7) is 0. The van der Waals surface area contributed by atoms with Crippen LogP contribution in [-0.2, 0) is 4.79 Å². The topological polar surface area (TPSA) is 118 Å². The zero-order valence-corrected chi connectivity index (χ0v) is 12.8. The minimum Gasteiger partial charge on any atom is -0.481 e. The van der Waals surface area contributed by atoms with Gasteiger partial charge in [0, 0.05) is 12.1 Å². The van der Waals surface area contributed by atoms with Crippen molar-refractivity contribution < 1.29 is 24.4 Å². The van der Waals surface area contributed by atoms with Crippen molar-refractivity contribution in [2.24, 2.45) is 0 Å². The molecule has 0 spiro atoms. The summed E-state index contributed by atoms with van der Waals surface area (Å²) >= 11 is 0. The molecule has 0 unspecified atom stereocenters. The number of benzene rings is 2. The van der Waals surface area contributed by atoms with Crippen molar-refractivity contribution in [1.82, 2.24) is 4.90 Å². The van der Waals surface area contributed by atoms with Crippen LogP contribution in [0.15, 0.2) is 48.5 Å². The van der Waals surface area contributed by atoms with E-state index in [1.165, 1.54) is 36.4 Å². The average molecular weight is 340 g/mol. The van der Waals surface area contributed by atoms with Crippen LogP contribution in [0, 0.1) is 10.1 Å². The van der Waals surface area contributed by atoms with Gasteiger partial charge in [-0.15, -0.1) is 0 Å². The van der Waals surface area contributed by atoms with Crippen LogP contribution >= 0.6 is 0 Å². The predicted molar refractivity (Wildman–Crippen MR) is 85.0 cm³/mol. The van der Waals surface area contributed by atoms with Crippen molar-refractivity contribution in [3.8, 4) is 0 Å². The van der Waals surface area contributed by atoms with Gasteiger partial charge in [-0.3, -0.25) is 29.4 Å². The molecule has 2 aromatic rings. The lowest BCUT2D eigenvalue weighted by Crippen LogP contribution is -2.35. The van der Waals surface area contributed by atoms with Crippen LogP contribution in [0.1, 0.15) is 38.7 Å². The van der Waals surface area contributed by atoms with E-state index in [4.69, 9.17) is 0 Å². The van der Waals surface area contributed by atoms with Crippen molar-refractivity contribution in [3.63, 3.8) is 0 Å². The van der Waals surface area contributed by atoms with E-state index < -0.39 is 35.2 Å². The van der Waals surface area contributed by atoms with Gasteiger partial charge in [0.15, 0.2) is 0 Å². The maximum Gasteiger partial charge on any atom is 0.305 e. The third kappa shape index (κ3) is 2.85. The zero-order valence-electron chi connectivity index (χ0n) is 12.8. The van der Waals surface area contributed by atoms with Crippen LogP contribution in [0.4, 0.5) is 5.69 Å². The summed E-state index contributed by atoms with van der Waals surface area (Å²) in [7, 11) is 0. The van der Waals surface area contributed by atoms with Gasteiger partial charge in [0.05, 0.1) is 28.5 Å². The number of hydrogen-bond acceptors (Lipinski definition) is 5. The molecule has 2 amide bonds. The second-order valence-corrected chi connectivity index (χ2v) is 5.49. The molecule has 0 aromatic heterocycles. The molecule has 1 N–H and O–H groups in total. The van der Waals surface area contributed by atoms with Crippen LogP contribution in [0.25, 0.3) is 0 Å². The number of nitro benzene ring substituents is 1. The minimum atomic E-state index is -1.23. The summed E-state index contributed by atoms with van der Waals surface area (Å²) in [6, 6.07) is 10.3. The number of carbonyl (C=O) groups is 3. The van der Waals surface area contributed by atoms with E-state index in [9.17, 15) is 29.6 Å². The number of non-ortho nitro benzene ring substituents is 1. The molecule has 3 rings (SSSR count). The summed E-state index contributed by atoms with van der Waals surface area (Å²) in [5.41, 5.74) is 0.345. The number of aliphatic carboxylic acids is 1. The molecule has 1 aliphatic heterocycles. The van der Waals surface area contributed by atoms with E-state index in [1.807, 2.05) is 0 Å². The Bertz CT molecular complexity index is 873. The van der Waals surface area contributed by atoms with Gasteiger partial charge in [0.2, 0.25) is 0 Å². The van der Waals surface area contributed by atoms with E-state index in [2.05, 4.69) is 0 Å². The molecule has 1 atom stereocenters. The van der Waals surface area contributed by atoms with Gasteiger partial charge in [-0.05, 0) is 17.7 Å². The van der Waals surface area contributed by atoms with Gasteiger partial charge >= 0.3 is 5.97 Å². The van der Waals surface area contributed by atoms with E-state index in [0.29, 0.717) is 0 Å². The fraction of sp³-hybridized carbons (Fsp3) is 0.118. The molecular weight excluding hydrogens is 328 g/mol. The van der Waals surface area contributed by atoms with Crippen molar-refractivity contribution in [2.45, 2.75) is 12.5 Å².